The highest BCUT2D eigenvalue weighted by Crippen LogP contribution is 2.19. The predicted octanol–water partition coefficient (Wildman–Crippen LogP) is 3.10. The van der Waals surface area contributed by atoms with Crippen molar-refractivity contribution in [2.75, 3.05) is 6.54 Å². The maximum Gasteiger partial charge on any atom is 0.264 e. The third-order valence-corrected chi connectivity index (χ3v) is 5.46. The number of aryl methyl sites for hydroxylation is 1. The number of aromatic nitrogens is 4. The van der Waals surface area contributed by atoms with Crippen molar-refractivity contribution in [3.05, 3.63) is 92.9 Å². The van der Waals surface area contributed by atoms with Crippen LogP contribution in [-0.2, 0) is 24.3 Å². The van der Waals surface area contributed by atoms with E-state index in [1.807, 2.05) is 31.2 Å². The summed E-state index contributed by atoms with van der Waals surface area (Å²) in [4.78, 5) is 29.4. The molecule has 0 fully saturated rings. The Balaban J connectivity index is 1.41. The Hall–Kier alpha value is -3.52. The van der Waals surface area contributed by atoms with Crippen LogP contribution in [0.2, 0.25) is 5.02 Å². The summed E-state index contributed by atoms with van der Waals surface area (Å²) >= 11 is 5.97. The molecule has 0 aliphatic heterocycles. The number of carbonyl (C=O) groups excluding carboxylic acids is 1. The number of nitrogens with one attached hydrogen (secondary N) is 1. The molecule has 0 atom stereocenters. The molecule has 2 aromatic heterocycles. The molecule has 164 valence electrons. The molecule has 0 aliphatic carbocycles. The Bertz CT molecular complexity index is 1330. The topological polar surface area (TPSA) is 81.8 Å². The minimum absolute atomic E-state index is 0.159. The van der Waals surface area contributed by atoms with E-state index in [2.05, 4.69) is 15.4 Å². The van der Waals surface area contributed by atoms with Crippen molar-refractivity contribution >= 4 is 28.5 Å². The van der Waals surface area contributed by atoms with Gasteiger partial charge in [0.05, 0.1) is 25.7 Å². The van der Waals surface area contributed by atoms with Gasteiger partial charge in [0.2, 0.25) is 5.91 Å². The Morgan fingerprint density at radius 2 is 2.03 bits per heavy atom. The highest BCUT2D eigenvalue weighted by molar-refractivity contribution is 6.31. The third-order valence-electron chi connectivity index (χ3n) is 5.10. The maximum absolute atomic E-state index is 13.8. The lowest BCUT2D eigenvalue weighted by Gasteiger charge is -2.09. The SMILES string of the molecule is Cc1cccc(Cn2cnc3c(cnn3CCNC(=O)Cc3c(F)cccc3Cl)c2=O)c1. The van der Waals surface area contributed by atoms with Gasteiger partial charge in [0, 0.05) is 17.1 Å². The van der Waals surface area contributed by atoms with Crippen LogP contribution in [0.3, 0.4) is 0 Å². The quantitative estimate of drug-likeness (QED) is 0.466. The van der Waals surface area contributed by atoms with Crippen LogP contribution in [0.15, 0.2) is 59.8 Å². The van der Waals surface area contributed by atoms with E-state index in [0.717, 1.165) is 11.1 Å². The maximum atomic E-state index is 13.8. The van der Waals surface area contributed by atoms with Gasteiger partial charge in [-0.15, -0.1) is 0 Å². The second-order valence-corrected chi connectivity index (χ2v) is 7.91. The molecule has 0 bridgehead atoms. The largest absolute Gasteiger partial charge is 0.354 e. The summed E-state index contributed by atoms with van der Waals surface area (Å²) in [5, 5.41) is 7.57. The lowest BCUT2D eigenvalue weighted by atomic mass is 10.1. The van der Waals surface area contributed by atoms with Gasteiger partial charge in [-0.1, -0.05) is 47.5 Å². The van der Waals surface area contributed by atoms with E-state index in [0.29, 0.717) is 24.1 Å². The first kappa shape index (κ1) is 21.7. The molecule has 0 saturated carbocycles. The second kappa shape index (κ2) is 9.32. The smallest absolute Gasteiger partial charge is 0.264 e. The van der Waals surface area contributed by atoms with Gasteiger partial charge in [-0.05, 0) is 24.6 Å². The Morgan fingerprint density at radius 3 is 2.81 bits per heavy atom. The van der Waals surface area contributed by atoms with Crippen molar-refractivity contribution < 1.29 is 9.18 Å². The molecule has 0 unspecified atom stereocenters. The lowest BCUT2D eigenvalue weighted by Crippen LogP contribution is -2.29. The zero-order valence-corrected chi connectivity index (χ0v) is 18.1. The third kappa shape index (κ3) is 4.70. The van der Waals surface area contributed by atoms with Crippen LogP contribution in [0, 0.1) is 12.7 Å². The van der Waals surface area contributed by atoms with Crippen molar-refractivity contribution in [3.63, 3.8) is 0 Å². The van der Waals surface area contributed by atoms with Crippen molar-refractivity contribution in [1.82, 2.24) is 24.6 Å². The first-order chi connectivity index (χ1) is 15.4. The highest BCUT2D eigenvalue weighted by Gasteiger charge is 2.13. The average Bonchev–Trinajstić information content (AvgIpc) is 3.17. The fraction of sp³-hybridized carbons (Fsp3) is 0.217. The van der Waals surface area contributed by atoms with E-state index in [9.17, 15) is 14.0 Å². The summed E-state index contributed by atoms with van der Waals surface area (Å²) in [6, 6.07) is 12.2. The second-order valence-electron chi connectivity index (χ2n) is 7.50. The van der Waals surface area contributed by atoms with Gasteiger partial charge in [-0.3, -0.25) is 14.2 Å². The Kier molecular flexibility index (Phi) is 6.32. The number of rotatable bonds is 7. The summed E-state index contributed by atoms with van der Waals surface area (Å²) in [7, 11) is 0. The van der Waals surface area contributed by atoms with Crippen LogP contribution >= 0.6 is 11.6 Å². The molecular formula is C23H21ClFN5O2. The van der Waals surface area contributed by atoms with Gasteiger partial charge in [0.15, 0.2) is 5.65 Å². The van der Waals surface area contributed by atoms with E-state index < -0.39 is 5.82 Å². The lowest BCUT2D eigenvalue weighted by molar-refractivity contribution is -0.120. The van der Waals surface area contributed by atoms with Gasteiger partial charge < -0.3 is 5.32 Å². The van der Waals surface area contributed by atoms with Crippen molar-refractivity contribution in [2.24, 2.45) is 0 Å². The van der Waals surface area contributed by atoms with Crippen molar-refractivity contribution in [2.45, 2.75) is 26.4 Å². The first-order valence-corrected chi connectivity index (χ1v) is 10.5. The van der Waals surface area contributed by atoms with Crippen LogP contribution in [0.4, 0.5) is 4.39 Å². The fourth-order valence-electron chi connectivity index (χ4n) is 3.51. The van der Waals surface area contributed by atoms with Crippen molar-refractivity contribution in [3.8, 4) is 0 Å². The number of fused-ring (bicyclic) bond motifs is 1. The molecular weight excluding hydrogens is 433 g/mol. The van der Waals surface area contributed by atoms with E-state index in [-0.39, 0.29) is 35.0 Å². The van der Waals surface area contributed by atoms with Crippen LogP contribution in [0.25, 0.3) is 11.0 Å². The van der Waals surface area contributed by atoms with Gasteiger partial charge in [-0.2, -0.15) is 5.10 Å². The van der Waals surface area contributed by atoms with Gasteiger partial charge >= 0.3 is 0 Å². The number of carbonyl (C=O) groups is 1. The molecule has 4 rings (SSSR count). The average molecular weight is 454 g/mol. The van der Waals surface area contributed by atoms with Crippen LogP contribution in [0.1, 0.15) is 16.7 Å². The molecule has 1 amide bonds. The summed E-state index contributed by atoms with van der Waals surface area (Å²) in [5.74, 6) is -0.876. The zero-order valence-electron chi connectivity index (χ0n) is 17.4. The normalized spacial score (nSPS) is 11.1. The molecule has 9 heteroatoms. The first-order valence-electron chi connectivity index (χ1n) is 10.1. The molecule has 32 heavy (non-hydrogen) atoms. The van der Waals surface area contributed by atoms with Crippen LogP contribution in [-0.4, -0.2) is 31.8 Å². The molecule has 1 N–H and O–H groups in total. The van der Waals surface area contributed by atoms with E-state index >= 15 is 0 Å². The van der Waals surface area contributed by atoms with Gasteiger partial charge in [0.1, 0.15) is 17.5 Å². The minimum Gasteiger partial charge on any atom is -0.354 e. The molecule has 0 spiro atoms. The number of nitrogens with zero attached hydrogens (tertiary/aromatic N) is 4. The standard InChI is InChI=1S/C23H21ClFN5O2/c1-15-4-2-5-16(10-15)13-29-14-27-22-18(23(29)32)12-28-30(22)9-8-26-21(31)11-17-19(24)6-3-7-20(17)25/h2-7,10,12,14H,8-9,11,13H2,1H3,(H,26,31). The predicted molar refractivity (Wildman–Crippen MR) is 120 cm³/mol. The zero-order chi connectivity index (χ0) is 22.7. The Morgan fingerprint density at radius 1 is 1.22 bits per heavy atom. The van der Waals surface area contributed by atoms with E-state index in [1.165, 1.54) is 24.7 Å². The number of hydrogen-bond donors (Lipinski definition) is 1. The molecule has 2 heterocycles. The molecule has 0 saturated heterocycles. The van der Waals surface area contributed by atoms with Crippen molar-refractivity contribution in [1.29, 1.82) is 0 Å². The monoisotopic (exact) mass is 453 g/mol. The van der Waals surface area contributed by atoms with Crippen LogP contribution in [0.5, 0.6) is 0 Å². The highest BCUT2D eigenvalue weighted by atomic mass is 35.5. The van der Waals surface area contributed by atoms with E-state index in [1.54, 1.807) is 15.3 Å². The minimum atomic E-state index is -0.517. The summed E-state index contributed by atoms with van der Waals surface area (Å²) in [5.41, 5.74) is 2.56. The molecule has 0 aliphatic rings. The van der Waals surface area contributed by atoms with Gasteiger partial charge in [0.25, 0.3) is 5.56 Å². The molecule has 0 radical (unpaired) electrons. The molecule has 7 nitrogen and oxygen atoms in total. The van der Waals surface area contributed by atoms with Crippen LogP contribution < -0.4 is 10.9 Å². The summed E-state index contributed by atoms with van der Waals surface area (Å²) < 4.78 is 16.9. The Labute approximate surface area is 188 Å². The van der Waals surface area contributed by atoms with E-state index in [4.69, 9.17) is 11.6 Å². The van der Waals surface area contributed by atoms with Gasteiger partial charge in [-0.25, -0.2) is 14.1 Å². The summed E-state index contributed by atoms with van der Waals surface area (Å²) in [6.45, 7) is 2.98. The number of amides is 1. The number of halogens is 2. The fourth-order valence-corrected chi connectivity index (χ4v) is 3.74. The molecule has 2 aromatic carbocycles. The number of benzene rings is 2. The molecule has 4 aromatic rings. The number of hydrogen-bond acceptors (Lipinski definition) is 4. The summed E-state index contributed by atoms with van der Waals surface area (Å²) in [6.07, 6.45) is 2.83.